The highest BCUT2D eigenvalue weighted by Gasteiger charge is 2.41. The Kier molecular flexibility index (Phi) is 5.02. The highest BCUT2D eigenvalue weighted by atomic mass is 35.5. The van der Waals surface area contributed by atoms with Crippen molar-refractivity contribution in [1.29, 1.82) is 0 Å². The monoisotopic (exact) mass is 466 g/mol. The van der Waals surface area contributed by atoms with Gasteiger partial charge in [0.2, 0.25) is 0 Å². The number of allylic oxidation sites excluding steroid dienone is 2. The van der Waals surface area contributed by atoms with Crippen LogP contribution in [-0.4, -0.2) is 10.4 Å². The van der Waals surface area contributed by atoms with Crippen LogP contribution < -0.4 is 14.9 Å². The van der Waals surface area contributed by atoms with E-state index in [0.717, 1.165) is 0 Å². The van der Waals surface area contributed by atoms with Gasteiger partial charge in [-0.3, -0.25) is 14.2 Å². The van der Waals surface area contributed by atoms with Crippen LogP contribution in [0.4, 0.5) is 4.39 Å². The van der Waals surface area contributed by atoms with Crippen molar-refractivity contribution in [2.75, 3.05) is 0 Å². The Morgan fingerprint density at radius 2 is 1.84 bits per heavy atom. The van der Waals surface area contributed by atoms with E-state index in [1.807, 2.05) is 32.0 Å². The zero-order valence-corrected chi connectivity index (χ0v) is 19.1. The van der Waals surface area contributed by atoms with Gasteiger partial charge >= 0.3 is 0 Å². The molecule has 0 saturated carbocycles. The Morgan fingerprint density at radius 3 is 2.59 bits per heavy atom. The number of fused-ring (bicyclic) bond motifs is 1. The third-order valence-corrected chi connectivity index (χ3v) is 7.21. The minimum atomic E-state index is -0.834. The van der Waals surface area contributed by atoms with Gasteiger partial charge in [-0.15, -0.1) is 0 Å². The van der Waals surface area contributed by atoms with Crippen molar-refractivity contribution < 1.29 is 9.18 Å². The Bertz CT molecular complexity index is 1480. The number of halogens is 2. The first-order valence-corrected chi connectivity index (χ1v) is 11.5. The number of aromatic nitrogens is 1. The lowest BCUT2D eigenvalue weighted by molar-refractivity contribution is -0.118. The van der Waals surface area contributed by atoms with Gasteiger partial charge in [-0.2, -0.15) is 0 Å². The highest BCUT2D eigenvalue weighted by Crippen LogP contribution is 2.43. The number of hydrogen-bond acceptors (Lipinski definition) is 4. The zero-order chi connectivity index (χ0) is 22.6. The Hall–Kier alpha value is -2.83. The average Bonchev–Trinajstić information content (AvgIpc) is 3.03. The molecule has 0 radical (unpaired) electrons. The molecule has 3 aromatic rings. The molecule has 0 fully saturated rings. The van der Waals surface area contributed by atoms with Crippen molar-refractivity contribution in [2.45, 2.75) is 32.7 Å². The molecule has 0 amide bonds. The third kappa shape index (κ3) is 3.48. The van der Waals surface area contributed by atoms with Crippen LogP contribution in [0.2, 0.25) is 5.02 Å². The van der Waals surface area contributed by atoms with Crippen molar-refractivity contribution in [3.8, 4) is 0 Å². The molecule has 0 N–H and O–H groups in total. The molecule has 0 saturated heterocycles. The molecule has 2 heterocycles. The number of hydrogen-bond donors (Lipinski definition) is 0. The first-order chi connectivity index (χ1) is 15.2. The Morgan fingerprint density at radius 1 is 1.12 bits per heavy atom. The van der Waals surface area contributed by atoms with Gasteiger partial charge in [0.05, 0.1) is 16.3 Å². The summed E-state index contributed by atoms with van der Waals surface area (Å²) in [6, 6.07) is 12.7. The van der Waals surface area contributed by atoms with Crippen molar-refractivity contribution in [3.63, 3.8) is 0 Å². The largest absolute Gasteiger partial charge is 0.294 e. The quantitative estimate of drug-likeness (QED) is 0.562. The van der Waals surface area contributed by atoms with Gasteiger partial charge in [-0.25, -0.2) is 9.38 Å². The lowest BCUT2D eigenvalue weighted by atomic mass is 9.73. The van der Waals surface area contributed by atoms with E-state index < -0.39 is 11.9 Å². The number of Topliss-reactive ketones (excluding diaryl/α,β-unsaturated/α-hetero) is 1. The van der Waals surface area contributed by atoms with Gasteiger partial charge in [-0.1, -0.05) is 73.2 Å². The van der Waals surface area contributed by atoms with Crippen LogP contribution in [0.1, 0.15) is 43.9 Å². The fourth-order valence-corrected chi connectivity index (χ4v) is 5.67. The van der Waals surface area contributed by atoms with E-state index in [-0.39, 0.29) is 16.8 Å². The van der Waals surface area contributed by atoms with Crippen LogP contribution in [0.15, 0.2) is 69.6 Å². The van der Waals surface area contributed by atoms with Crippen LogP contribution >= 0.6 is 22.9 Å². The summed E-state index contributed by atoms with van der Waals surface area (Å²) >= 11 is 7.52. The molecule has 32 heavy (non-hydrogen) atoms. The van der Waals surface area contributed by atoms with Crippen molar-refractivity contribution in [2.24, 2.45) is 10.4 Å². The second-order valence-corrected chi connectivity index (χ2v) is 10.3. The first kappa shape index (κ1) is 21.0. The predicted molar refractivity (Wildman–Crippen MR) is 124 cm³/mol. The fraction of sp³-hybridized carbons (Fsp3) is 0.240. The standard InChI is InChI=1S/C25H20ClFN2O2S/c1-25(2)12-18-21(19(30)13-25)22(15-8-4-6-10-17(15)27)29-23(31)20(32-24(29)28-18)11-14-7-3-5-9-16(14)26/h3-11,22H,12-13H2,1-2H3. The summed E-state index contributed by atoms with van der Waals surface area (Å²) in [6.07, 6.45) is 2.65. The van der Waals surface area contributed by atoms with Crippen LogP contribution in [0, 0.1) is 11.2 Å². The van der Waals surface area contributed by atoms with Gasteiger partial charge in [0.25, 0.3) is 5.56 Å². The third-order valence-electron chi connectivity index (χ3n) is 5.89. The SMILES string of the molecule is CC1(C)CC(=O)C2=C(C1)N=c1sc(=Cc3ccccc3Cl)c(=O)n1C2c1ccccc1F. The van der Waals surface area contributed by atoms with E-state index in [1.54, 1.807) is 30.3 Å². The summed E-state index contributed by atoms with van der Waals surface area (Å²) in [5.74, 6) is -0.543. The average molecular weight is 467 g/mol. The van der Waals surface area contributed by atoms with E-state index in [9.17, 15) is 14.0 Å². The van der Waals surface area contributed by atoms with Gasteiger partial charge in [0.15, 0.2) is 10.6 Å². The molecule has 1 atom stereocenters. The Labute approximate surface area is 193 Å². The zero-order valence-electron chi connectivity index (χ0n) is 17.6. The van der Waals surface area contributed by atoms with E-state index in [4.69, 9.17) is 16.6 Å². The van der Waals surface area contributed by atoms with E-state index >= 15 is 0 Å². The molecule has 5 rings (SSSR count). The molecule has 2 aliphatic rings. The van der Waals surface area contributed by atoms with Crippen molar-refractivity contribution in [3.05, 3.63) is 101 Å². The summed E-state index contributed by atoms with van der Waals surface area (Å²) in [4.78, 5) is 31.9. The number of carbonyl (C=O) groups is 1. The molecule has 4 nitrogen and oxygen atoms in total. The van der Waals surface area contributed by atoms with Gasteiger partial charge in [0, 0.05) is 22.6 Å². The van der Waals surface area contributed by atoms with Crippen molar-refractivity contribution >= 4 is 34.8 Å². The predicted octanol–water partition coefficient (Wildman–Crippen LogP) is 4.40. The first-order valence-electron chi connectivity index (χ1n) is 10.3. The molecule has 2 aromatic carbocycles. The lowest BCUT2D eigenvalue weighted by Gasteiger charge is -2.35. The molecule has 7 heteroatoms. The maximum Gasteiger partial charge on any atom is 0.271 e. The Balaban J connectivity index is 1.81. The maximum absolute atomic E-state index is 14.9. The second kappa shape index (κ2) is 7.64. The van der Waals surface area contributed by atoms with E-state index in [2.05, 4.69) is 0 Å². The molecular formula is C25H20ClFN2O2S. The number of ketones is 1. The second-order valence-electron chi connectivity index (χ2n) is 8.93. The summed E-state index contributed by atoms with van der Waals surface area (Å²) in [5.41, 5.74) is 1.52. The maximum atomic E-state index is 14.9. The molecule has 1 aliphatic carbocycles. The van der Waals surface area contributed by atoms with Crippen LogP contribution in [0.25, 0.3) is 6.08 Å². The molecule has 162 valence electrons. The van der Waals surface area contributed by atoms with Gasteiger partial charge in [0.1, 0.15) is 5.82 Å². The summed E-state index contributed by atoms with van der Waals surface area (Å²) in [6.45, 7) is 4.05. The minimum absolute atomic E-state index is 0.0892. The number of thiazole rings is 1. The number of rotatable bonds is 2. The minimum Gasteiger partial charge on any atom is -0.294 e. The van der Waals surface area contributed by atoms with Crippen LogP contribution in [0.3, 0.4) is 0 Å². The molecule has 0 bridgehead atoms. The molecule has 1 aromatic heterocycles. The summed E-state index contributed by atoms with van der Waals surface area (Å²) in [7, 11) is 0. The van der Waals surface area contributed by atoms with Crippen molar-refractivity contribution in [1.82, 2.24) is 4.57 Å². The fourth-order valence-electron chi connectivity index (χ4n) is 4.47. The summed E-state index contributed by atoms with van der Waals surface area (Å²) < 4.78 is 16.8. The molecule has 1 unspecified atom stereocenters. The molecular weight excluding hydrogens is 447 g/mol. The normalized spacial score (nSPS) is 20.1. The summed E-state index contributed by atoms with van der Waals surface area (Å²) in [5, 5.41) is 0.528. The van der Waals surface area contributed by atoms with E-state index in [0.29, 0.717) is 49.6 Å². The van der Waals surface area contributed by atoms with Crippen LogP contribution in [-0.2, 0) is 4.79 Å². The number of carbonyl (C=O) groups excluding carboxylic acids is 1. The van der Waals surface area contributed by atoms with Gasteiger partial charge in [-0.05, 0) is 35.6 Å². The lowest BCUT2D eigenvalue weighted by Crippen LogP contribution is -2.42. The molecule has 0 spiro atoms. The topological polar surface area (TPSA) is 51.4 Å². The van der Waals surface area contributed by atoms with E-state index in [1.165, 1.54) is 22.0 Å². The number of nitrogens with zero attached hydrogens (tertiary/aromatic N) is 2. The highest BCUT2D eigenvalue weighted by molar-refractivity contribution is 7.07. The smallest absolute Gasteiger partial charge is 0.271 e. The van der Waals surface area contributed by atoms with Gasteiger partial charge < -0.3 is 0 Å². The van der Waals surface area contributed by atoms with Crippen LogP contribution in [0.5, 0.6) is 0 Å². The number of benzene rings is 2. The molecule has 1 aliphatic heterocycles.